The highest BCUT2D eigenvalue weighted by Crippen LogP contribution is 2.32. The first-order chi connectivity index (χ1) is 12.9. The van der Waals surface area contributed by atoms with Crippen LogP contribution in [0.2, 0.25) is 0 Å². The van der Waals surface area contributed by atoms with E-state index < -0.39 is 27.9 Å². The van der Waals surface area contributed by atoms with Gasteiger partial charge in [-0.3, -0.25) is 10.1 Å². The topological polar surface area (TPSA) is 85.4 Å². The van der Waals surface area contributed by atoms with Crippen LogP contribution in [0.1, 0.15) is 15.9 Å². The highest BCUT2D eigenvalue weighted by molar-refractivity contribution is 7.90. The molecule has 28 heavy (non-hydrogen) atoms. The molecule has 148 valence electrons. The third-order valence-electron chi connectivity index (χ3n) is 3.70. The number of alkyl halides is 3. The number of hydrogen-bond acceptors (Lipinski definition) is 6. The second kappa shape index (κ2) is 7.06. The fourth-order valence-electron chi connectivity index (χ4n) is 2.40. The first-order valence-electron chi connectivity index (χ1n) is 7.71. The maximum Gasteiger partial charge on any atom is 0.573 e. The van der Waals surface area contributed by atoms with E-state index in [9.17, 15) is 26.4 Å². The molecule has 0 spiro atoms. The number of benzene rings is 2. The van der Waals surface area contributed by atoms with Gasteiger partial charge in [0.25, 0.3) is 5.91 Å². The number of aromatic nitrogens is 1. The lowest BCUT2D eigenvalue weighted by atomic mass is 10.1. The quantitative estimate of drug-likeness (QED) is 0.672. The first kappa shape index (κ1) is 20.1. The summed E-state index contributed by atoms with van der Waals surface area (Å²) in [5.41, 5.74) is 1.10. The van der Waals surface area contributed by atoms with Crippen molar-refractivity contribution in [2.24, 2.45) is 0 Å². The van der Waals surface area contributed by atoms with Crippen LogP contribution in [-0.4, -0.2) is 31.9 Å². The Labute approximate surface area is 161 Å². The summed E-state index contributed by atoms with van der Waals surface area (Å²) >= 11 is 0.967. The number of anilines is 1. The Bertz CT molecular complexity index is 1170. The van der Waals surface area contributed by atoms with Crippen LogP contribution in [0.4, 0.5) is 18.3 Å². The fraction of sp³-hybridized carbons (Fsp3) is 0.176. The zero-order valence-corrected chi connectivity index (χ0v) is 16.1. The van der Waals surface area contributed by atoms with E-state index in [0.717, 1.165) is 23.7 Å². The predicted molar refractivity (Wildman–Crippen MR) is 98.5 cm³/mol. The number of aryl methyl sites for hydroxylation is 1. The molecule has 3 rings (SSSR count). The van der Waals surface area contributed by atoms with Gasteiger partial charge in [-0.25, -0.2) is 13.4 Å². The summed E-state index contributed by atoms with van der Waals surface area (Å²) in [6.45, 7) is 1.65. The number of nitrogens with one attached hydrogen (secondary N) is 1. The van der Waals surface area contributed by atoms with Crippen LogP contribution < -0.4 is 10.1 Å². The summed E-state index contributed by atoms with van der Waals surface area (Å²) in [7, 11) is -3.49. The number of hydrogen-bond donors (Lipinski definition) is 1. The number of ether oxygens (including phenoxy) is 1. The Balaban J connectivity index is 1.87. The van der Waals surface area contributed by atoms with Crippen molar-refractivity contribution >= 4 is 42.4 Å². The molecule has 0 radical (unpaired) electrons. The average Bonchev–Trinajstić information content (AvgIpc) is 2.93. The van der Waals surface area contributed by atoms with Gasteiger partial charge in [0.2, 0.25) is 0 Å². The zero-order chi connectivity index (χ0) is 20.7. The standard InChI is InChI=1S/C17H13F3N2O4S2/c1-9-3-5-11(28(2,24)25)8-12(9)15(23)22-16-21-13-6-4-10(7-14(13)27-16)26-17(18,19)20/h3-8H,1-2H3,(H,21,22,23). The Morgan fingerprint density at radius 1 is 1.18 bits per heavy atom. The molecule has 3 aromatic rings. The van der Waals surface area contributed by atoms with Gasteiger partial charge in [0.05, 0.1) is 15.1 Å². The van der Waals surface area contributed by atoms with Gasteiger partial charge in [0.1, 0.15) is 5.75 Å². The normalized spacial score (nSPS) is 12.2. The van der Waals surface area contributed by atoms with Crippen LogP contribution in [-0.2, 0) is 9.84 Å². The van der Waals surface area contributed by atoms with Gasteiger partial charge >= 0.3 is 6.36 Å². The van der Waals surface area contributed by atoms with Gasteiger partial charge in [-0.05, 0) is 36.8 Å². The van der Waals surface area contributed by atoms with E-state index in [-0.39, 0.29) is 15.6 Å². The third kappa shape index (κ3) is 4.60. The predicted octanol–water partition coefficient (Wildman–Crippen LogP) is 4.16. The molecule has 1 amide bonds. The number of halogens is 3. The van der Waals surface area contributed by atoms with Crippen LogP contribution in [0.3, 0.4) is 0 Å². The minimum absolute atomic E-state index is 0.00138. The molecule has 1 aromatic heterocycles. The monoisotopic (exact) mass is 430 g/mol. The largest absolute Gasteiger partial charge is 0.573 e. The zero-order valence-electron chi connectivity index (χ0n) is 14.5. The lowest BCUT2D eigenvalue weighted by Gasteiger charge is -2.07. The van der Waals surface area contributed by atoms with Crippen LogP contribution in [0.25, 0.3) is 10.2 Å². The van der Waals surface area contributed by atoms with Gasteiger partial charge in [0, 0.05) is 17.9 Å². The van der Waals surface area contributed by atoms with Crippen molar-refractivity contribution < 1.29 is 31.1 Å². The summed E-state index contributed by atoms with van der Waals surface area (Å²) < 4.78 is 64.6. The van der Waals surface area contributed by atoms with Crippen LogP contribution >= 0.6 is 11.3 Å². The molecule has 2 aromatic carbocycles. The Hall–Kier alpha value is -2.66. The summed E-state index contributed by atoms with van der Waals surface area (Å²) in [5, 5.41) is 2.71. The SMILES string of the molecule is Cc1ccc(S(C)(=O)=O)cc1C(=O)Nc1nc2ccc(OC(F)(F)F)cc2s1. The molecule has 0 fully saturated rings. The van der Waals surface area contributed by atoms with E-state index in [1.165, 1.54) is 30.3 Å². The summed E-state index contributed by atoms with van der Waals surface area (Å²) in [5.74, 6) is -0.966. The molecular weight excluding hydrogens is 417 g/mol. The lowest BCUT2D eigenvalue weighted by Crippen LogP contribution is -2.16. The number of fused-ring (bicyclic) bond motifs is 1. The molecule has 0 unspecified atom stereocenters. The molecule has 1 heterocycles. The minimum Gasteiger partial charge on any atom is -0.406 e. The third-order valence-corrected chi connectivity index (χ3v) is 5.74. The molecular formula is C17H13F3N2O4S2. The molecule has 6 nitrogen and oxygen atoms in total. The maximum absolute atomic E-state index is 12.5. The minimum atomic E-state index is -4.81. The van der Waals surface area contributed by atoms with Crippen molar-refractivity contribution in [1.82, 2.24) is 4.98 Å². The van der Waals surface area contributed by atoms with Gasteiger partial charge in [-0.2, -0.15) is 0 Å². The Kier molecular flexibility index (Phi) is 5.06. The van der Waals surface area contributed by atoms with Crippen molar-refractivity contribution in [3.05, 3.63) is 47.5 Å². The summed E-state index contributed by atoms with van der Waals surface area (Å²) in [6.07, 6.45) is -3.77. The fourth-order valence-corrected chi connectivity index (χ4v) is 3.93. The summed E-state index contributed by atoms with van der Waals surface area (Å²) in [4.78, 5) is 16.7. The molecule has 0 aliphatic carbocycles. The summed E-state index contributed by atoms with van der Waals surface area (Å²) in [6, 6.07) is 7.83. The van der Waals surface area contributed by atoms with E-state index in [4.69, 9.17) is 0 Å². The van der Waals surface area contributed by atoms with E-state index in [1.54, 1.807) is 6.92 Å². The molecule has 0 saturated carbocycles. The molecule has 0 bridgehead atoms. The maximum atomic E-state index is 12.5. The van der Waals surface area contributed by atoms with E-state index in [1.807, 2.05) is 0 Å². The van der Waals surface area contributed by atoms with Crippen molar-refractivity contribution in [1.29, 1.82) is 0 Å². The van der Waals surface area contributed by atoms with Crippen molar-refractivity contribution in [2.75, 3.05) is 11.6 Å². The highest BCUT2D eigenvalue weighted by Gasteiger charge is 2.31. The van der Waals surface area contributed by atoms with Crippen LogP contribution in [0.15, 0.2) is 41.3 Å². The van der Waals surface area contributed by atoms with Crippen molar-refractivity contribution in [3.63, 3.8) is 0 Å². The van der Waals surface area contributed by atoms with E-state index in [2.05, 4.69) is 15.0 Å². The van der Waals surface area contributed by atoms with Gasteiger partial charge in [-0.1, -0.05) is 17.4 Å². The number of amides is 1. The Morgan fingerprint density at radius 2 is 1.89 bits per heavy atom. The van der Waals surface area contributed by atoms with Crippen LogP contribution in [0, 0.1) is 6.92 Å². The second-order valence-corrected chi connectivity index (χ2v) is 8.95. The Morgan fingerprint density at radius 3 is 2.54 bits per heavy atom. The number of nitrogens with zero attached hydrogens (tertiary/aromatic N) is 1. The van der Waals surface area contributed by atoms with E-state index >= 15 is 0 Å². The van der Waals surface area contributed by atoms with Gasteiger partial charge in [-0.15, -0.1) is 13.2 Å². The first-order valence-corrected chi connectivity index (χ1v) is 10.4. The smallest absolute Gasteiger partial charge is 0.406 e. The number of rotatable bonds is 4. The average molecular weight is 430 g/mol. The molecule has 1 N–H and O–H groups in total. The molecule has 0 aliphatic rings. The van der Waals surface area contributed by atoms with Crippen molar-refractivity contribution in [2.45, 2.75) is 18.2 Å². The molecule has 0 atom stereocenters. The molecule has 11 heteroatoms. The van der Waals surface area contributed by atoms with Crippen molar-refractivity contribution in [3.8, 4) is 5.75 Å². The van der Waals surface area contributed by atoms with Crippen LogP contribution in [0.5, 0.6) is 5.75 Å². The van der Waals surface area contributed by atoms with Gasteiger partial charge < -0.3 is 4.74 Å². The number of carbonyl (C=O) groups is 1. The molecule has 0 saturated heterocycles. The van der Waals surface area contributed by atoms with E-state index in [0.29, 0.717) is 15.8 Å². The molecule has 0 aliphatic heterocycles. The van der Waals surface area contributed by atoms with Gasteiger partial charge in [0.15, 0.2) is 15.0 Å². The number of sulfone groups is 1. The number of thiazole rings is 1. The highest BCUT2D eigenvalue weighted by atomic mass is 32.2. The number of carbonyl (C=O) groups excluding carboxylic acids is 1. The lowest BCUT2D eigenvalue weighted by molar-refractivity contribution is -0.274. The second-order valence-electron chi connectivity index (χ2n) is 5.90.